The van der Waals surface area contributed by atoms with Gasteiger partial charge in [-0.1, -0.05) is 44.2 Å². The van der Waals surface area contributed by atoms with Crippen LogP contribution in [0.3, 0.4) is 0 Å². The van der Waals surface area contributed by atoms with Crippen LogP contribution in [0, 0.1) is 11.8 Å². The van der Waals surface area contributed by atoms with E-state index in [9.17, 15) is 4.79 Å². The first kappa shape index (κ1) is 26.7. The summed E-state index contributed by atoms with van der Waals surface area (Å²) in [6, 6.07) is 10.3. The molecular formula is C23H39IN4O2. The predicted octanol–water partition coefficient (Wildman–Crippen LogP) is 3.31. The Labute approximate surface area is 199 Å². The van der Waals surface area contributed by atoms with Crippen LogP contribution < -0.4 is 10.6 Å². The van der Waals surface area contributed by atoms with Crippen molar-refractivity contribution in [3.05, 3.63) is 35.9 Å². The second kappa shape index (κ2) is 14.6. The van der Waals surface area contributed by atoms with Crippen molar-refractivity contribution in [2.24, 2.45) is 16.8 Å². The van der Waals surface area contributed by atoms with Crippen LogP contribution >= 0.6 is 24.0 Å². The van der Waals surface area contributed by atoms with E-state index in [0.717, 1.165) is 51.6 Å². The highest BCUT2D eigenvalue weighted by molar-refractivity contribution is 14.0. The summed E-state index contributed by atoms with van der Waals surface area (Å²) in [4.78, 5) is 18.6. The summed E-state index contributed by atoms with van der Waals surface area (Å²) >= 11 is 0. The lowest BCUT2D eigenvalue weighted by atomic mass is 10.0. The number of hydrogen-bond acceptors (Lipinski definition) is 3. The maximum atomic E-state index is 12.3. The standard InChI is InChI=1S/C23H38N4O2.HI/c1-5-29-21(18(2)3)11-13-25-23(24-4)26-16-20-15-22(28)27(17-20)14-12-19-9-7-6-8-10-19;/h6-10,18,20-21H,5,11-17H2,1-4H3,(H2,24,25,26);1H. The zero-order valence-electron chi connectivity index (χ0n) is 18.9. The molecule has 0 spiro atoms. The minimum atomic E-state index is 0. The lowest BCUT2D eigenvalue weighted by Crippen LogP contribution is -2.41. The number of ether oxygens (including phenoxy) is 1. The number of guanidine groups is 1. The Hall–Kier alpha value is -1.35. The van der Waals surface area contributed by atoms with E-state index >= 15 is 0 Å². The van der Waals surface area contributed by atoms with Gasteiger partial charge in [-0.05, 0) is 31.2 Å². The number of nitrogens with zero attached hydrogens (tertiary/aromatic N) is 2. The van der Waals surface area contributed by atoms with Crippen LogP contribution in [-0.2, 0) is 16.0 Å². The van der Waals surface area contributed by atoms with Crippen molar-refractivity contribution in [1.29, 1.82) is 0 Å². The first-order chi connectivity index (χ1) is 14.0. The van der Waals surface area contributed by atoms with Gasteiger partial charge in [0.1, 0.15) is 0 Å². The Morgan fingerprint density at radius 2 is 2.00 bits per heavy atom. The molecule has 7 heteroatoms. The molecule has 0 radical (unpaired) electrons. The molecule has 0 aliphatic carbocycles. The van der Waals surface area contributed by atoms with Gasteiger partial charge in [-0.25, -0.2) is 0 Å². The molecule has 1 heterocycles. The summed E-state index contributed by atoms with van der Waals surface area (Å²) in [5, 5.41) is 6.75. The van der Waals surface area contributed by atoms with Crippen molar-refractivity contribution in [2.75, 3.05) is 39.8 Å². The molecule has 1 aliphatic rings. The molecule has 170 valence electrons. The summed E-state index contributed by atoms with van der Waals surface area (Å²) in [5.41, 5.74) is 1.28. The molecule has 2 rings (SSSR count). The van der Waals surface area contributed by atoms with E-state index in [1.807, 2.05) is 30.0 Å². The third-order valence-corrected chi connectivity index (χ3v) is 5.44. The lowest BCUT2D eigenvalue weighted by molar-refractivity contribution is -0.127. The zero-order chi connectivity index (χ0) is 21.1. The Balaban J connectivity index is 0.00000450. The minimum Gasteiger partial charge on any atom is -0.378 e. The van der Waals surface area contributed by atoms with Crippen molar-refractivity contribution in [2.45, 2.75) is 46.1 Å². The highest BCUT2D eigenvalue weighted by Gasteiger charge is 2.29. The molecule has 1 amide bonds. The maximum Gasteiger partial charge on any atom is 0.223 e. The van der Waals surface area contributed by atoms with E-state index < -0.39 is 0 Å². The summed E-state index contributed by atoms with van der Waals surface area (Å²) in [5.74, 6) is 1.87. The molecule has 1 aliphatic heterocycles. The van der Waals surface area contributed by atoms with E-state index in [0.29, 0.717) is 18.3 Å². The molecule has 0 saturated carbocycles. The number of benzene rings is 1. The fourth-order valence-corrected chi connectivity index (χ4v) is 3.73. The number of nitrogens with one attached hydrogen (secondary N) is 2. The van der Waals surface area contributed by atoms with Gasteiger partial charge in [-0.15, -0.1) is 24.0 Å². The van der Waals surface area contributed by atoms with Crippen LogP contribution in [-0.4, -0.2) is 62.7 Å². The number of hydrogen-bond donors (Lipinski definition) is 2. The Morgan fingerprint density at radius 3 is 2.63 bits per heavy atom. The molecule has 2 atom stereocenters. The average molecular weight is 530 g/mol. The Morgan fingerprint density at radius 1 is 1.27 bits per heavy atom. The molecular weight excluding hydrogens is 491 g/mol. The zero-order valence-corrected chi connectivity index (χ0v) is 21.2. The maximum absolute atomic E-state index is 12.3. The molecule has 0 aromatic heterocycles. The van der Waals surface area contributed by atoms with E-state index in [1.165, 1.54) is 5.56 Å². The normalized spacial score (nSPS) is 17.8. The fourth-order valence-electron chi connectivity index (χ4n) is 3.73. The highest BCUT2D eigenvalue weighted by Crippen LogP contribution is 2.17. The number of likely N-dealkylation sites (tertiary alicyclic amines) is 1. The van der Waals surface area contributed by atoms with Gasteiger partial charge < -0.3 is 20.3 Å². The molecule has 1 aromatic carbocycles. The number of carbonyl (C=O) groups excluding carboxylic acids is 1. The predicted molar refractivity (Wildman–Crippen MR) is 134 cm³/mol. The number of rotatable bonds is 11. The third-order valence-electron chi connectivity index (χ3n) is 5.44. The van der Waals surface area contributed by atoms with Gasteiger partial charge in [-0.3, -0.25) is 9.79 Å². The van der Waals surface area contributed by atoms with E-state index in [1.54, 1.807) is 7.05 Å². The van der Waals surface area contributed by atoms with E-state index in [-0.39, 0.29) is 36.0 Å². The molecule has 2 unspecified atom stereocenters. The van der Waals surface area contributed by atoms with Crippen molar-refractivity contribution >= 4 is 35.8 Å². The van der Waals surface area contributed by atoms with Gasteiger partial charge >= 0.3 is 0 Å². The van der Waals surface area contributed by atoms with Crippen LogP contribution in [0.4, 0.5) is 0 Å². The summed E-state index contributed by atoms with van der Waals surface area (Å²) in [6.07, 6.45) is 2.73. The van der Waals surface area contributed by atoms with Crippen LogP contribution in [0.1, 0.15) is 39.2 Å². The van der Waals surface area contributed by atoms with Crippen LogP contribution in [0.25, 0.3) is 0 Å². The Bertz CT molecular complexity index is 639. The van der Waals surface area contributed by atoms with Gasteiger partial charge in [0.25, 0.3) is 0 Å². The molecule has 0 bridgehead atoms. The van der Waals surface area contributed by atoms with Gasteiger partial charge in [0, 0.05) is 52.2 Å². The Kier molecular flexibility index (Phi) is 13.0. The van der Waals surface area contributed by atoms with Gasteiger partial charge in [0.05, 0.1) is 6.10 Å². The van der Waals surface area contributed by atoms with Gasteiger partial charge in [0.15, 0.2) is 5.96 Å². The first-order valence-corrected chi connectivity index (χ1v) is 10.9. The van der Waals surface area contributed by atoms with Crippen molar-refractivity contribution < 1.29 is 9.53 Å². The quantitative estimate of drug-likeness (QED) is 0.262. The minimum absolute atomic E-state index is 0. The highest BCUT2D eigenvalue weighted by atomic mass is 127. The largest absolute Gasteiger partial charge is 0.378 e. The molecule has 1 saturated heterocycles. The lowest BCUT2D eigenvalue weighted by Gasteiger charge is -2.22. The molecule has 1 aromatic rings. The monoisotopic (exact) mass is 530 g/mol. The van der Waals surface area contributed by atoms with Gasteiger partial charge in [0.2, 0.25) is 5.91 Å². The summed E-state index contributed by atoms with van der Waals surface area (Å²) in [6.45, 7) is 10.3. The second-order valence-corrected chi connectivity index (χ2v) is 8.05. The number of amides is 1. The second-order valence-electron chi connectivity index (χ2n) is 8.05. The van der Waals surface area contributed by atoms with Crippen LogP contribution in [0.2, 0.25) is 0 Å². The molecule has 30 heavy (non-hydrogen) atoms. The van der Waals surface area contributed by atoms with Crippen molar-refractivity contribution in [1.82, 2.24) is 15.5 Å². The van der Waals surface area contributed by atoms with Crippen molar-refractivity contribution in [3.63, 3.8) is 0 Å². The number of aliphatic imine (C=N–C) groups is 1. The third kappa shape index (κ3) is 9.20. The summed E-state index contributed by atoms with van der Waals surface area (Å²) in [7, 11) is 1.78. The SMILES string of the molecule is CCOC(CCNC(=NC)NCC1CC(=O)N(CCc2ccccc2)C1)C(C)C.I. The van der Waals surface area contributed by atoms with Crippen LogP contribution in [0.15, 0.2) is 35.3 Å². The number of carbonyl (C=O) groups is 1. The summed E-state index contributed by atoms with van der Waals surface area (Å²) < 4.78 is 5.80. The first-order valence-electron chi connectivity index (χ1n) is 10.9. The molecule has 1 fully saturated rings. The number of halogens is 1. The molecule has 6 nitrogen and oxygen atoms in total. The van der Waals surface area contributed by atoms with E-state index in [4.69, 9.17) is 4.74 Å². The van der Waals surface area contributed by atoms with Crippen LogP contribution in [0.5, 0.6) is 0 Å². The molecule has 2 N–H and O–H groups in total. The topological polar surface area (TPSA) is 66.0 Å². The fraction of sp³-hybridized carbons (Fsp3) is 0.652. The smallest absolute Gasteiger partial charge is 0.223 e. The van der Waals surface area contributed by atoms with Gasteiger partial charge in [-0.2, -0.15) is 0 Å². The average Bonchev–Trinajstić information content (AvgIpc) is 3.08. The van der Waals surface area contributed by atoms with E-state index in [2.05, 4.69) is 41.6 Å². The van der Waals surface area contributed by atoms with Crippen molar-refractivity contribution in [3.8, 4) is 0 Å².